The molecule has 0 aliphatic carbocycles. The minimum Gasteiger partial charge on any atom is -0.310 e. The molecule has 1 aromatic heterocycles. The molecule has 1 aliphatic rings. The Morgan fingerprint density at radius 2 is 1.84 bits per heavy atom. The van der Waals surface area contributed by atoms with E-state index in [4.69, 9.17) is 11.6 Å². The molecule has 1 aliphatic heterocycles. The van der Waals surface area contributed by atoms with Crippen molar-refractivity contribution in [3.63, 3.8) is 0 Å². The molecule has 4 aromatic rings. The van der Waals surface area contributed by atoms with Crippen molar-refractivity contribution in [2.75, 3.05) is 5.32 Å². The molecule has 3 aromatic carbocycles. The lowest BCUT2D eigenvalue weighted by Gasteiger charge is -2.23. The molecule has 0 saturated carbocycles. The number of aromatic nitrogens is 2. The number of carbonyl (C=O) groups excluding carboxylic acids is 2. The maximum Gasteiger partial charge on any atom is 0.226 e. The van der Waals surface area contributed by atoms with E-state index in [2.05, 4.69) is 10.4 Å². The van der Waals surface area contributed by atoms with E-state index in [0.29, 0.717) is 22.1 Å². The van der Waals surface area contributed by atoms with E-state index >= 15 is 0 Å². The van der Waals surface area contributed by atoms with Crippen molar-refractivity contribution in [3.05, 3.63) is 88.1 Å². The van der Waals surface area contributed by atoms with Gasteiger partial charge in [0.05, 0.1) is 17.3 Å². The number of anilines is 1. The third-order valence-electron chi connectivity index (χ3n) is 5.92. The van der Waals surface area contributed by atoms with Crippen molar-refractivity contribution in [2.24, 2.45) is 0 Å². The molecule has 0 fully saturated rings. The highest BCUT2D eigenvalue weighted by molar-refractivity contribution is 6.31. The predicted octanol–water partition coefficient (Wildman–Crippen LogP) is 5.60. The van der Waals surface area contributed by atoms with E-state index < -0.39 is 5.92 Å². The highest BCUT2D eigenvalue weighted by Gasteiger charge is 2.36. The second kappa shape index (κ2) is 7.36. The number of nitrogens with zero attached hydrogens (tertiary/aromatic N) is 2. The van der Waals surface area contributed by atoms with Crippen LogP contribution in [0.3, 0.4) is 0 Å². The molecule has 1 N–H and O–H groups in total. The van der Waals surface area contributed by atoms with Crippen molar-refractivity contribution in [1.82, 2.24) is 9.78 Å². The number of hydrogen-bond donors (Lipinski definition) is 1. The van der Waals surface area contributed by atoms with Crippen LogP contribution in [-0.4, -0.2) is 21.5 Å². The van der Waals surface area contributed by atoms with Gasteiger partial charge in [-0.2, -0.15) is 5.10 Å². The molecule has 0 bridgehead atoms. The number of amides is 1. The van der Waals surface area contributed by atoms with Crippen LogP contribution in [0.15, 0.2) is 60.7 Å². The Bertz CT molecular complexity index is 1370. The van der Waals surface area contributed by atoms with Gasteiger partial charge in [0.1, 0.15) is 5.82 Å². The molecule has 0 radical (unpaired) electrons. The summed E-state index contributed by atoms with van der Waals surface area (Å²) in [5.74, 6) is -0.323. The van der Waals surface area contributed by atoms with Crippen molar-refractivity contribution in [2.45, 2.75) is 26.2 Å². The second-order valence-corrected chi connectivity index (χ2v) is 8.28. The van der Waals surface area contributed by atoms with Crippen LogP contribution in [0.1, 0.15) is 39.5 Å². The topological polar surface area (TPSA) is 64.0 Å². The quantitative estimate of drug-likeness (QED) is 0.431. The Hall–Kier alpha value is -3.44. The number of hydrogen-bond acceptors (Lipinski definition) is 3. The number of rotatable bonds is 3. The number of fused-ring (bicyclic) bond motifs is 2. The molecule has 1 atom stereocenters. The number of carbonyl (C=O) groups is 2. The van der Waals surface area contributed by atoms with Gasteiger partial charge in [-0.05, 0) is 48.4 Å². The Morgan fingerprint density at radius 1 is 1.06 bits per heavy atom. The molecule has 5 rings (SSSR count). The Balaban J connectivity index is 1.63. The van der Waals surface area contributed by atoms with Crippen molar-refractivity contribution in [3.8, 4) is 5.69 Å². The smallest absolute Gasteiger partial charge is 0.226 e. The second-order valence-electron chi connectivity index (χ2n) is 7.87. The first kappa shape index (κ1) is 19.5. The van der Waals surface area contributed by atoms with Crippen LogP contribution in [0.25, 0.3) is 16.5 Å². The summed E-state index contributed by atoms with van der Waals surface area (Å²) < 4.78 is 1.68. The zero-order chi connectivity index (χ0) is 21.7. The summed E-state index contributed by atoms with van der Waals surface area (Å²) in [5.41, 5.74) is 3.70. The summed E-state index contributed by atoms with van der Waals surface area (Å²) in [6.07, 6.45) is 0.0969. The van der Waals surface area contributed by atoms with E-state index in [-0.39, 0.29) is 18.1 Å². The van der Waals surface area contributed by atoms with Gasteiger partial charge in [0.2, 0.25) is 5.91 Å². The van der Waals surface area contributed by atoms with Gasteiger partial charge >= 0.3 is 0 Å². The summed E-state index contributed by atoms with van der Waals surface area (Å²) in [4.78, 5) is 26.1. The number of benzene rings is 3. The SMILES string of the molecule is Cc1nn(-c2cccc(Cl)c2C)c2c1[C@@H](C(=O)c1ccc3ccccc3c1)CC(=O)N2. The molecule has 0 unspecified atom stereocenters. The highest BCUT2D eigenvalue weighted by atomic mass is 35.5. The van der Waals surface area contributed by atoms with Crippen LogP contribution in [0.4, 0.5) is 5.82 Å². The maximum absolute atomic E-state index is 13.5. The van der Waals surface area contributed by atoms with Gasteiger partial charge in [0.15, 0.2) is 5.78 Å². The zero-order valence-electron chi connectivity index (χ0n) is 17.1. The number of Topliss-reactive ketones (excluding diaryl/α,β-unsaturated/α-hetero) is 1. The van der Waals surface area contributed by atoms with Crippen LogP contribution in [-0.2, 0) is 4.79 Å². The van der Waals surface area contributed by atoms with E-state index in [1.807, 2.05) is 74.5 Å². The van der Waals surface area contributed by atoms with E-state index in [1.54, 1.807) is 4.68 Å². The lowest BCUT2D eigenvalue weighted by molar-refractivity contribution is -0.116. The van der Waals surface area contributed by atoms with Gasteiger partial charge in [-0.25, -0.2) is 4.68 Å². The summed E-state index contributed by atoms with van der Waals surface area (Å²) in [6.45, 7) is 3.77. The standard InChI is InChI=1S/C25H20ClN3O2/c1-14-20(26)8-5-9-21(14)29-25-23(15(2)28-29)19(13-22(30)27-25)24(31)18-11-10-16-6-3-4-7-17(16)12-18/h3-12,19H,13H2,1-2H3,(H,27,30)/t19-/m0/s1. The highest BCUT2D eigenvalue weighted by Crippen LogP contribution is 2.39. The lowest BCUT2D eigenvalue weighted by atomic mass is 9.85. The number of ketones is 1. The van der Waals surface area contributed by atoms with Crippen molar-refractivity contribution >= 4 is 39.9 Å². The Labute approximate surface area is 184 Å². The number of halogens is 1. The monoisotopic (exact) mass is 429 g/mol. The van der Waals surface area contributed by atoms with Gasteiger partial charge in [0.25, 0.3) is 0 Å². The lowest BCUT2D eigenvalue weighted by Crippen LogP contribution is -2.28. The van der Waals surface area contributed by atoms with Gasteiger partial charge < -0.3 is 5.32 Å². The summed E-state index contributed by atoms with van der Waals surface area (Å²) in [5, 5.41) is 10.3. The largest absolute Gasteiger partial charge is 0.310 e. The Kier molecular flexibility index (Phi) is 4.63. The van der Waals surface area contributed by atoms with Gasteiger partial charge in [-0.1, -0.05) is 54.1 Å². The molecular weight excluding hydrogens is 410 g/mol. The number of nitrogens with one attached hydrogen (secondary N) is 1. The van der Waals surface area contributed by atoms with Crippen LogP contribution in [0.5, 0.6) is 0 Å². The van der Waals surface area contributed by atoms with Crippen LogP contribution in [0, 0.1) is 13.8 Å². The summed E-state index contributed by atoms with van der Waals surface area (Å²) in [7, 11) is 0. The van der Waals surface area contributed by atoms with E-state index in [0.717, 1.165) is 27.6 Å². The fourth-order valence-corrected chi connectivity index (χ4v) is 4.48. The molecular formula is C25H20ClN3O2. The zero-order valence-corrected chi connectivity index (χ0v) is 17.9. The first-order chi connectivity index (χ1) is 14.9. The third-order valence-corrected chi connectivity index (χ3v) is 6.33. The Morgan fingerprint density at radius 3 is 2.65 bits per heavy atom. The molecule has 5 nitrogen and oxygen atoms in total. The fourth-order valence-electron chi connectivity index (χ4n) is 4.31. The van der Waals surface area contributed by atoms with Crippen LogP contribution < -0.4 is 5.32 Å². The number of aryl methyl sites for hydroxylation is 1. The normalized spacial score (nSPS) is 15.6. The first-order valence-corrected chi connectivity index (χ1v) is 10.5. The average Bonchev–Trinajstić information content (AvgIpc) is 3.10. The molecule has 31 heavy (non-hydrogen) atoms. The average molecular weight is 430 g/mol. The molecule has 0 saturated heterocycles. The van der Waals surface area contributed by atoms with Crippen LogP contribution in [0.2, 0.25) is 5.02 Å². The molecule has 0 spiro atoms. The van der Waals surface area contributed by atoms with Crippen molar-refractivity contribution < 1.29 is 9.59 Å². The first-order valence-electron chi connectivity index (χ1n) is 10.1. The van der Waals surface area contributed by atoms with Gasteiger partial charge in [-0.3, -0.25) is 9.59 Å². The maximum atomic E-state index is 13.5. The van der Waals surface area contributed by atoms with Gasteiger partial charge in [0, 0.05) is 22.6 Å². The van der Waals surface area contributed by atoms with E-state index in [9.17, 15) is 9.59 Å². The third kappa shape index (κ3) is 3.22. The molecule has 154 valence electrons. The molecule has 6 heteroatoms. The minimum absolute atomic E-state index is 0.0766. The predicted molar refractivity (Wildman–Crippen MR) is 122 cm³/mol. The molecule has 1 amide bonds. The fraction of sp³-hybridized carbons (Fsp3) is 0.160. The van der Waals surface area contributed by atoms with Crippen LogP contribution >= 0.6 is 11.6 Å². The van der Waals surface area contributed by atoms with Gasteiger partial charge in [-0.15, -0.1) is 0 Å². The van der Waals surface area contributed by atoms with Crippen molar-refractivity contribution in [1.29, 1.82) is 0 Å². The summed E-state index contributed by atoms with van der Waals surface area (Å²) in [6, 6.07) is 19.1. The van der Waals surface area contributed by atoms with E-state index in [1.165, 1.54) is 0 Å². The summed E-state index contributed by atoms with van der Waals surface area (Å²) >= 11 is 6.31. The molecule has 2 heterocycles. The minimum atomic E-state index is -0.585.